The van der Waals surface area contributed by atoms with E-state index in [0.29, 0.717) is 12.2 Å². The molecule has 0 spiro atoms. The van der Waals surface area contributed by atoms with Crippen molar-refractivity contribution in [3.63, 3.8) is 0 Å². The number of piperidine rings is 1. The van der Waals surface area contributed by atoms with Crippen LogP contribution in [0.4, 0.5) is 0 Å². The monoisotopic (exact) mass is 298 g/mol. The Bertz CT molecular complexity index is 215. The molecule has 2 aliphatic heterocycles. The molecule has 18 heavy (non-hydrogen) atoms. The van der Waals surface area contributed by atoms with E-state index in [2.05, 4.69) is 31.1 Å². The van der Waals surface area contributed by atoms with Gasteiger partial charge in [0.1, 0.15) is 0 Å². The van der Waals surface area contributed by atoms with Gasteiger partial charge < -0.3 is 15.0 Å². The molecule has 0 saturated carbocycles. The fourth-order valence-electron chi connectivity index (χ4n) is 3.21. The third-order valence-electron chi connectivity index (χ3n) is 4.13. The number of rotatable bonds is 2. The van der Waals surface area contributed by atoms with Crippen molar-refractivity contribution >= 4 is 24.8 Å². The zero-order chi connectivity index (χ0) is 11.5. The van der Waals surface area contributed by atoms with Gasteiger partial charge in [0.2, 0.25) is 0 Å². The molecule has 3 nitrogen and oxygen atoms in total. The van der Waals surface area contributed by atoms with E-state index >= 15 is 0 Å². The van der Waals surface area contributed by atoms with Crippen LogP contribution in [0.2, 0.25) is 0 Å². The fourth-order valence-corrected chi connectivity index (χ4v) is 3.21. The van der Waals surface area contributed by atoms with Crippen LogP contribution in [-0.4, -0.2) is 49.3 Å². The second-order valence-electron chi connectivity index (χ2n) is 5.53. The largest absolute Gasteiger partial charge is 0.375 e. The van der Waals surface area contributed by atoms with Crippen molar-refractivity contribution in [3.8, 4) is 0 Å². The van der Waals surface area contributed by atoms with Crippen molar-refractivity contribution in [2.24, 2.45) is 0 Å². The highest BCUT2D eigenvalue weighted by atomic mass is 35.5. The van der Waals surface area contributed by atoms with Crippen LogP contribution in [0.5, 0.6) is 0 Å². The summed E-state index contributed by atoms with van der Waals surface area (Å²) in [6.07, 6.45) is 5.86. The third-order valence-corrected chi connectivity index (χ3v) is 4.13. The van der Waals surface area contributed by atoms with Crippen LogP contribution in [0, 0.1) is 0 Å². The van der Waals surface area contributed by atoms with Crippen LogP contribution < -0.4 is 5.32 Å². The molecule has 2 aliphatic rings. The van der Waals surface area contributed by atoms with Crippen molar-refractivity contribution in [2.75, 3.05) is 20.1 Å². The number of nitrogens with one attached hydrogen (secondary N) is 1. The standard InChI is InChI=1S/C13H26N2O.2ClH/c1-10-8-13(9-11(2)16-10)15(3)12-4-6-14-7-5-12;;/h10-14H,4-9H2,1-3H3;2*1H. The van der Waals surface area contributed by atoms with E-state index in [1.54, 1.807) is 0 Å². The van der Waals surface area contributed by atoms with Gasteiger partial charge in [-0.2, -0.15) is 0 Å². The maximum atomic E-state index is 5.81. The molecule has 2 fully saturated rings. The zero-order valence-corrected chi connectivity index (χ0v) is 13.4. The number of halogens is 2. The summed E-state index contributed by atoms with van der Waals surface area (Å²) < 4.78 is 5.81. The lowest BCUT2D eigenvalue weighted by Gasteiger charge is -2.42. The lowest BCUT2D eigenvalue weighted by Crippen LogP contribution is -2.49. The van der Waals surface area contributed by atoms with Gasteiger partial charge in [-0.3, -0.25) is 0 Å². The van der Waals surface area contributed by atoms with Gasteiger partial charge in [-0.25, -0.2) is 0 Å². The molecule has 5 heteroatoms. The molecule has 0 aromatic heterocycles. The maximum Gasteiger partial charge on any atom is 0.0565 e. The molecule has 2 unspecified atom stereocenters. The van der Waals surface area contributed by atoms with Gasteiger partial charge in [-0.15, -0.1) is 24.8 Å². The van der Waals surface area contributed by atoms with E-state index in [1.165, 1.54) is 38.8 Å². The van der Waals surface area contributed by atoms with E-state index in [4.69, 9.17) is 4.74 Å². The van der Waals surface area contributed by atoms with Gasteiger partial charge in [0, 0.05) is 12.1 Å². The predicted octanol–water partition coefficient (Wildman–Crippen LogP) is 2.47. The van der Waals surface area contributed by atoms with Crippen LogP contribution >= 0.6 is 24.8 Å². The van der Waals surface area contributed by atoms with Gasteiger partial charge in [0.05, 0.1) is 12.2 Å². The van der Waals surface area contributed by atoms with Gasteiger partial charge in [0.25, 0.3) is 0 Å². The number of hydrogen-bond acceptors (Lipinski definition) is 3. The lowest BCUT2D eigenvalue weighted by molar-refractivity contribution is -0.0689. The van der Waals surface area contributed by atoms with E-state index in [-0.39, 0.29) is 24.8 Å². The molecule has 0 aromatic carbocycles. The summed E-state index contributed by atoms with van der Waals surface area (Å²) >= 11 is 0. The second-order valence-corrected chi connectivity index (χ2v) is 5.53. The van der Waals surface area contributed by atoms with Crippen LogP contribution in [-0.2, 0) is 4.74 Å². The summed E-state index contributed by atoms with van der Waals surface area (Å²) in [6, 6.07) is 1.51. The molecule has 0 aromatic rings. The lowest BCUT2D eigenvalue weighted by atomic mass is 9.95. The average Bonchev–Trinajstić information content (AvgIpc) is 2.28. The minimum atomic E-state index is 0. The smallest absolute Gasteiger partial charge is 0.0565 e. The Hall–Kier alpha value is 0.460. The van der Waals surface area contributed by atoms with Gasteiger partial charge in [-0.05, 0) is 59.7 Å². The van der Waals surface area contributed by atoms with E-state index in [0.717, 1.165) is 12.1 Å². The summed E-state index contributed by atoms with van der Waals surface area (Å²) in [4.78, 5) is 2.62. The maximum absolute atomic E-state index is 5.81. The summed E-state index contributed by atoms with van der Waals surface area (Å²) in [5.41, 5.74) is 0. The molecule has 0 radical (unpaired) electrons. The Morgan fingerprint density at radius 3 is 1.94 bits per heavy atom. The first kappa shape index (κ1) is 18.5. The fraction of sp³-hybridized carbons (Fsp3) is 1.00. The molecule has 0 amide bonds. The summed E-state index contributed by atoms with van der Waals surface area (Å²) in [5.74, 6) is 0. The minimum absolute atomic E-state index is 0. The minimum Gasteiger partial charge on any atom is -0.375 e. The first-order valence-electron chi connectivity index (χ1n) is 6.75. The molecular weight excluding hydrogens is 271 g/mol. The average molecular weight is 299 g/mol. The van der Waals surface area contributed by atoms with Crippen molar-refractivity contribution in [1.29, 1.82) is 0 Å². The normalized spacial score (nSPS) is 33.7. The topological polar surface area (TPSA) is 24.5 Å². The SMILES string of the molecule is CC1CC(N(C)C2CCNCC2)CC(C)O1.Cl.Cl. The third kappa shape index (κ3) is 4.86. The molecule has 110 valence electrons. The zero-order valence-electron chi connectivity index (χ0n) is 11.7. The number of hydrogen-bond donors (Lipinski definition) is 1. The highest BCUT2D eigenvalue weighted by Crippen LogP contribution is 2.25. The van der Waals surface area contributed by atoms with Crippen molar-refractivity contribution in [3.05, 3.63) is 0 Å². The van der Waals surface area contributed by atoms with Crippen LogP contribution in [0.1, 0.15) is 39.5 Å². The first-order valence-corrected chi connectivity index (χ1v) is 6.75. The van der Waals surface area contributed by atoms with Crippen LogP contribution in [0.25, 0.3) is 0 Å². The Labute approximate surface area is 124 Å². The predicted molar refractivity (Wildman–Crippen MR) is 81.2 cm³/mol. The molecule has 2 heterocycles. The Kier molecular flexibility index (Phi) is 8.81. The molecule has 2 saturated heterocycles. The van der Waals surface area contributed by atoms with Crippen molar-refractivity contribution in [2.45, 2.75) is 63.8 Å². The van der Waals surface area contributed by atoms with E-state index in [9.17, 15) is 0 Å². The molecule has 0 aliphatic carbocycles. The molecule has 1 N–H and O–H groups in total. The van der Waals surface area contributed by atoms with Crippen molar-refractivity contribution in [1.82, 2.24) is 10.2 Å². The highest BCUT2D eigenvalue weighted by molar-refractivity contribution is 5.85. The van der Waals surface area contributed by atoms with E-state index in [1.807, 2.05) is 0 Å². The summed E-state index contributed by atoms with van der Waals surface area (Å²) in [6.45, 7) is 6.78. The van der Waals surface area contributed by atoms with Crippen LogP contribution in [0.15, 0.2) is 0 Å². The van der Waals surface area contributed by atoms with Crippen LogP contribution in [0.3, 0.4) is 0 Å². The Morgan fingerprint density at radius 1 is 0.944 bits per heavy atom. The highest BCUT2D eigenvalue weighted by Gasteiger charge is 2.30. The van der Waals surface area contributed by atoms with Gasteiger partial charge in [-0.1, -0.05) is 0 Å². The Balaban J connectivity index is 0.00000144. The van der Waals surface area contributed by atoms with E-state index < -0.39 is 0 Å². The Morgan fingerprint density at radius 2 is 1.44 bits per heavy atom. The molecule has 0 bridgehead atoms. The number of nitrogens with zero attached hydrogens (tertiary/aromatic N) is 1. The number of ether oxygens (including phenoxy) is 1. The molecular formula is C13H28Cl2N2O. The quantitative estimate of drug-likeness (QED) is 0.848. The molecule has 2 rings (SSSR count). The van der Waals surface area contributed by atoms with Gasteiger partial charge in [0.15, 0.2) is 0 Å². The van der Waals surface area contributed by atoms with Crippen molar-refractivity contribution < 1.29 is 4.74 Å². The summed E-state index contributed by atoms with van der Waals surface area (Å²) in [7, 11) is 2.31. The van der Waals surface area contributed by atoms with Gasteiger partial charge >= 0.3 is 0 Å². The second kappa shape index (κ2) is 8.60. The molecule has 2 atom stereocenters. The summed E-state index contributed by atoms with van der Waals surface area (Å²) in [5, 5.41) is 3.44. The first-order chi connectivity index (χ1) is 7.66.